The van der Waals surface area contributed by atoms with Gasteiger partial charge in [0.25, 0.3) is 0 Å². The first-order valence-corrected chi connectivity index (χ1v) is 5.53. The number of ketones is 1. The fraction of sp³-hybridized carbons (Fsp3) is 0.917. The van der Waals surface area contributed by atoms with Crippen molar-refractivity contribution in [3.05, 3.63) is 0 Å². The summed E-state index contributed by atoms with van der Waals surface area (Å²) < 4.78 is 0. The first-order valence-electron chi connectivity index (χ1n) is 5.53. The molecule has 0 aromatic carbocycles. The summed E-state index contributed by atoms with van der Waals surface area (Å²) in [5.41, 5.74) is 0.433. The van der Waals surface area contributed by atoms with Gasteiger partial charge in [-0.25, -0.2) is 0 Å². The smallest absolute Gasteiger partial charge is 0.132 e. The molecule has 1 heteroatoms. The van der Waals surface area contributed by atoms with Gasteiger partial charge < -0.3 is 0 Å². The zero-order valence-electron chi connectivity index (χ0n) is 9.65. The van der Waals surface area contributed by atoms with E-state index in [1.165, 1.54) is 19.3 Å². The molecular formula is C12H24O. The van der Waals surface area contributed by atoms with Crippen LogP contribution in [-0.2, 0) is 4.79 Å². The van der Waals surface area contributed by atoms with E-state index >= 15 is 0 Å². The quantitative estimate of drug-likeness (QED) is 0.585. The molecular weight excluding hydrogens is 160 g/mol. The van der Waals surface area contributed by atoms with Gasteiger partial charge in [-0.15, -0.1) is 0 Å². The van der Waals surface area contributed by atoms with Crippen LogP contribution in [0.3, 0.4) is 0 Å². The van der Waals surface area contributed by atoms with Gasteiger partial charge in [-0.1, -0.05) is 34.1 Å². The van der Waals surface area contributed by atoms with E-state index < -0.39 is 0 Å². The summed E-state index contributed by atoms with van der Waals surface area (Å²) in [7, 11) is 0. The van der Waals surface area contributed by atoms with E-state index in [4.69, 9.17) is 0 Å². The van der Waals surface area contributed by atoms with E-state index in [0.717, 1.165) is 12.8 Å². The summed E-state index contributed by atoms with van der Waals surface area (Å²) in [5, 5.41) is 0. The predicted octanol–water partition coefficient (Wildman–Crippen LogP) is 3.96. The van der Waals surface area contributed by atoms with Crippen LogP contribution in [0.25, 0.3) is 0 Å². The molecule has 1 nitrogen and oxygen atoms in total. The van der Waals surface area contributed by atoms with Crippen molar-refractivity contribution in [1.29, 1.82) is 0 Å². The van der Waals surface area contributed by atoms with Crippen LogP contribution < -0.4 is 0 Å². The van der Waals surface area contributed by atoms with E-state index in [1.54, 1.807) is 0 Å². The van der Waals surface area contributed by atoms with Crippen LogP contribution >= 0.6 is 0 Å². The van der Waals surface area contributed by atoms with Crippen LogP contribution in [0.1, 0.15) is 66.2 Å². The molecule has 0 N–H and O–H groups in total. The SMILES string of the molecule is CCCC(C)(C)CCCC(=O)CC. The van der Waals surface area contributed by atoms with Crippen molar-refractivity contribution in [2.45, 2.75) is 66.2 Å². The van der Waals surface area contributed by atoms with Gasteiger partial charge in [0.05, 0.1) is 0 Å². The molecule has 0 aliphatic rings. The van der Waals surface area contributed by atoms with Gasteiger partial charge in [0.1, 0.15) is 5.78 Å². The molecule has 0 fully saturated rings. The third kappa shape index (κ3) is 6.80. The first-order chi connectivity index (χ1) is 6.02. The van der Waals surface area contributed by atoms with Gasteiger partial charge in [0, 0.05) is 12.8 Å². The Morgan fingerprint density at radius 1 is 1.15 bits per heavy atom. The number of hydrogen-bond donors (Lipinski definition) is 0. The Morgan fingerprint density at radius 2 is 1.77 bits per heavy atom. The van der Waals surface area contributed by atoms with Gasteiger partial charge in [-0.05, 0) is 24.7 Å². The van der Waals surface area contributed by atoms with E-state index in [9.17, 15) is 4.79 Å². The largest absolute Gasteiger partial charge is 0.300 e. The lowest BCUT2D eigenvalue weighted by Crippen LogP contribution is -2.11. The van der Waals surface area contributed by atoms with Crippen LogP contribution in [0.15, 0.2) is 0 Å². The average molecular weight is 184 g/mol. The molecule has 13 heavy (non-hydrogen) atoms. The van der Waals surface area contributed by atoms with Gasteiger partial charge in [-0.3, -0.25) is 4.79 Å². The molecule has 0 heterocycles. The van der Waals surface area contributed by atoms with Gasteiger partial charge in [0.2, 0.25) is 0 Å². The zero-order valence-corrected chi connectivity index (χ0v) is 9.65. The van der Waals surface area contributed by atoms with Crippen molar-refractivity contribution >= 4 is 5.78 Å². The Kier molecular flexibility index (Phi) is 6.02. The minimum Gasteiger partial charge on any atom is -0.300 e. The highest BCUT2D eigenvalue weighted by Gasteiger charge is 2.16. The normalized spacial score (nSPS) is 11.7. The second-order valence-corrected chi connectivity index (χ2v) is 4.66. The van der Waals surface area contributed by atoms with Gasteiger partial charge in [0.15, 0.2) is 0 Å². The molecule has 0 aliphatic heterocycles. The van der Waals surface area contributed by atoms with Crippen molar-refractivity contribution in [1.82, 2.24) is 0 Å². The summed E-state index contributed by atoms with van der Waals surface area (Å²) in [6, 6.07) is 0. The number of hydrogen-bond acceptors (Lipinski definition) is 1. The average Bonchev–Trinajstić information content (AvgIpc) is 2.03. The Hall–Kier alpha value is -0.330. The van der Waals surface area contributed by atoms with Crippen LogP contribution in [-0.4, -0.2) is 5.78 Å². The van der Waals surface area contributed by atoms with Gasteiger partial charge >= 0.3 is 0 Å². The van der Waals surface area contributed by atoms with Crippen molar-refractivity contribution in [2.75, 3.05) is 0 Å². The molecule has 0 saturated carbocycles. The van der Waals surface area contributed by atoms with E-state index in [2.05, 4.69) is 20.8 Å². The molecule has 0 bridgehead atoms. The monoisotopic (exact) mass is 184 g/mol. The molecule has 0 radical (unpaired) electrons. The molecule has 0 unspecified atom stereocenters. The second kappa shape index (κ2) is 6.17. The summed E-state index contributed by atoms with van der Waals surface area (Å²) in [6.07, 6.45) is 6.26. The molecule has 0 atom stereocenters. The molecule has 78 valence electrons. The maximum Gasteiger partial charge on any atom is 0.132 e. The van der Waals surface area contributed by atoms with E-state index in [-0.39, 0.29) is 0 Å². The fourth-order valence-corrected chi connectivity index (χ4v) is 1.74. The number of carbonyl (C=O) groups excluding carboxylic acids is 1. The molecule has 0 aromatic rings. The Morgan fingerprint density at radius 3 is 2.23 bits per heavy atom. The van der Waals surface area contributed by atoms with Gasteiger partial charge in [-0.2, -0.15) is 0 Å². The Labute approximate surface area is 82.9 Å². The van der Waals surface area contributed by atoms with Crippen LogP contribution in [0, 0.1) is 5.41 Å². The first kappa shape index (κ1) is 12.7. The van der Waals surface area contributed by atoms with Crippen molar-refractivity contribution in [3.8, 4) is 0 Å². The van der Waals surface area contributed by atoms with Crippen molar-refractivity contribution in [2.24, 2.45) is 5.41 Å². The third-order valence-corrected chi connectivity index (χ3v) is 2.63. The lowest BCUT2D eigenvalue weighted by Gasteiger charge is -2.23. The van der Waals surface area contributed by atoms with E-state index in [0.29, 0.717) is 17.6 Å². The topological polar surface area (TPSA) is 17.1 Å². The number of Topliss-reactive ketones (excluding diaryl/α,β-unsaturated/α-hetero) is 1. The molecule has 0 aromatic heterocycles. The van der Waals surface area contributed by atoms with E-state index in [1.807, 2.05) is 6.92 Å². The molecule has 0 amide bonds. The maximum absolute atomic E-state index is 11.1. The van der Waals surface area contributed by atoms with Crippen molar-refractivity contribution in [3.63, 3.8) is 0 Å². The summed E-state index contributed by atoms with van der Waals surface area (Å²) in [6.45, 7) is 8.76. The van der Waals surface area contributed by atoms with Crippen LogP contribution in [0.5, 0.6) is 0 Å². The fourth-order valence-electron chi connectivity index (χ4n) is 1.74. The lowest BCUT2D eigenvalue weighted by atomic mass is 9.83. The summed E-state index contributed by atoms with van der Waals surface area (Å²) in [4.78, 5) is 11.1. The summed E-state index contributed by atoms with van der Waals surface area (Å²) >= 11 is 0. The Balaban J connectivity index is 3.56. The Bertz CT molecular complexity index is 147. The molecule has 0 aliphatic carbocycles. The molecule has 0 rings (SSSR count). The lowest BCUT2D eigenvalue weighted by molar-refractivity contribution is -0.118. The minimum atomic E-state index is 0.410. The molecule has 0 spiro atoms. The highest BCUT2D eigenvalue weighted by Crippen LogP contribution is 2.28. The van der Waals surface area contributed by atoms with Crippen LogP contribution in [0.4, 0.5) is 0 Å². The summed E-state index contributed by atoms with van der Waals surface area (Å²) in [5.74, 6) is 0.410. The minimum absolute atomic E-state index is 0.410. The predicted molar refractivity (Wildman–Crippen MR) is 57.8 cm³/mol. The third-order valence-electron chi connectivity index (χ3n) is 2.63. The van der Waals surface area contributed by atoms with Crippen LogP contribution in [0.2, 0.25) is 0 Å². The van der Waals surface area contributed by atoms with Crippen molar-refractivity contribution < 1.29 is 4.79 Å². The highest BCUT2D eigenvalue weighted by molar-refractivity contribution is 5.77. The number of rotatable bonds is 7. The molecule has 0 saturated heterocycles. The standard InChI is InChI=1S/C12H24O/c1-5-9-12(3,4)10-7-8-11(13)6-2/h5-10H2,1-4H3. The maximum atomic E-state index is 11.1. The number of carbonyl (C=O) groups is 1. The highest BCUT2D eigenvalue weighted by atomic mass is 16.1. The zero-order chi connectivity index (χ0) is 10.3. The second-order valence-electron chi connectivity index (χ2n) is 4.66.